The van der Waals surface area contributed by atoms with Crippen LogP contribution in [0.3, 0.4) is 0 Å². The second-order valence-corrected chi connectivity index (χ2v) is 5.64. The van der Waals surface area contributed by atoms with E-state index in [4.69, 9.17) is 0 Å². The topological polar surface area (TPSA) is 29.9 Å². The summed E-state index contributed by atoms with van der Waals surface area (Å²) in [6.45, 7) is 3.34. The molecule has 0 radical (unpaired) electrons. The van der Waals surface area contributed by atoms with Crippen molar-refractivity contribution in [3.05, 3.63) is 28.9 Å². The Labute approximate surface area is 109 Å². The number of aromatic nitrogens is 2. The fourth-order valence-corrected chi connectivity index (χ4v) is 2.89. The number of rotatable bonds is 2. The molecule has 2 heterocycles. The third-order valence-electron chi connectivity index (χ3n) is 3.49. The Morgan fingerprint density at radius 2 is 2.18 bits per heavy atom. The Bertz CT molecular complexity index is 514. The van der Waals surface area contributed by atoms with Gasteiger partial charge in [-0.15, -0.1) is 0 Å². The van der Waals surface area contributed by atoms with E-state index in [1.807, 2.05) is 6.20 Å². The van der Waals surface area contributed by atoms with Gasteiger partial charge >= 0.3 is 0 Å². The van der Waals surface area contributed by atoms with E-state index in [0.717, 1.165) is 30.0 Å². The van der Waals surface area contributed by atoms with E-state index in [-0.39, 0.29) is 0 Å². The average molecular weight is 294 g/mol. The Morgan fingerprint density at radius 3 is 3.00 bits per heavy atom. The second-order valence-electron chi connectivity index (χ2n) is 4.72. The standard InChI is InChI=1S/C13H16BrN3/c14-12-1-2-13-11(7-12)8-16-17(13)9-10-3-5-15-6-4-10/h1-2,7-8,10,15H,3-6,9H2. The normalized spacial score (nSPS) is 17.7. The Balaban J connectivity index is 1.84. The molecule has 1 aliphatic heterocycles. The maximum atomic E-state index is 4.51. The van der Waals surface area contributed by atoms with E-state index < -0.39 is 0 Å². The van der Waals surface area contributed by atoms with Gasteiger partial charge in [-0.1, -0.05) is 15.9 Å². The van der Waals surface area contributed by atoms with Crippen molar-refractivity contribution < 1.29 is 0 Å². The quantitative estimate of drug-likeness (QED) is 0.923. The molecule has 90 valence electrons. The van der Waals surface area contributed by atoms with Crippen LogP contribution < -0.4 is 5.32 Å². The minimum atomic E-state index is 0.767. The molecule has 3 nitrogen and oxygen atoms in total. The van der Waals surface area contributed by atoms with Crippen LogP contribution in [0.15, 0.2) is 28.9 Å². The number of nitrogens with zero attached hydrogens (tertiary/aromatic N) is 2. The molecule has 0 spiro atoms. The van der Waals surface area contributed by atoms with Gasteiger partial charge in [-0.05, 0) is 50.0 Å². The van der Waals surface area contributed by atoms with Gasteiger partial charge < -0.3 is 5.32 Å². The van der Waals surface area contributed by atoms with Crippen molar-refractivity contribution in [3.63, 3.8) is 0 Å². The fraction of sp³-hybridized carbons (Fsp3) is 0.462. The predicted molar refractivity (Wildman–Crippen MR) is 73.0 cm³/mol. The maximum absolute atomic E-state index is 4.51. The molecule has 0 saturated carbocycles. The summed E-state index contributed by atoms with van der Waals surface area (Å²) in [6.07, 6.45) is 4.48. The van der Waals surface area contributed by atoms with Crippen molar-refractivity contribution in [2.24, 2.45) is 5.92 Å². The van der Waals surface area contributed by atoms with Gasteiger partial charge in [-0.2, -0.15) is 5.10 Å². The zero-order valence-electron chi connectivity index (χ0n) is 9.69. The van der Waals surface area contributed by atoms with Crippen molar-refractivity contribution >= 4 is 26.8 Å². The molecular formula is C13H16BrN3. The van der Waals surface area contributed by atoms with E-state index in [1.165, 1.54) is 23.7 Å². The summed E-state index contributed by atoms with van der Waals surface area (Å²) in [5, 5.41) is 9.13. The van der Waals surface area contributed by atoms with Crippen molar-refractivity contribution in [2.75, 3.05) is 13.1 Å². The summed E-state index contributed by atoms with van der Waals surface area (Å²) < 4.78 is 3.27. The monoisotopic (exact) mass is 293 g/mol. The third-order valence-corrected chi connectivity index (χ3v) is 3.99. The van der Waals surface area contributed by atoms with Crippen molar-refractivity contribution in [2.45, 2.75) is 19.4 Å². The summed E-state index contributed by atoms with van der Waals surface area (Å²) in [5.41, 5.74) is 1.24. The Morgan fingerprint density at radius 1 is 1.35 bits per heavy atom. The summed E-state index contributed by atoms with van der Waals surface area (Å²) >= 11 is 3.49. The molecule has 2 aromatic rings. The molecule has 0 aliphatic carbocycles. The van der Waals surface area contributed by atoms with Gasteiger partial charge in [0.25, 0.3) is 0 Å². The van der Waals surface area contributed by atoms with Crippen molar-refractivity contribution in [1.82, 2.24) is 15.1 Å². The average Bonchev–Trinajstić information content (AvgIpc) is 2.73. The zero-order chi connectivity index (χ0) is 11.7. The van der Waals surface area contributed by atoms with Crippen LogP contribution in [0.1, 0.15) is 12.8 Å². The van der Waals surface area contributed by atoms with Crippen molar-refractivity contribution in [3.8, 4) is 0 Å². The molecule has 1 fully saturated rings. The number of hydrogen-bond donors (Lipinski definition) is 1. The third kappa shape index (κ3) is 2.38. The van der Waals surface area contributed by atoms with Crippen LogP contribution in [-0.2, 0) is 6.54 Å². The van der Waals surface area contributed by atoms with E-state index in [2.05, 4.69) is 49.2 Å². The molecular weight excluding hydrogens is 278 g/mol. The van der Waals surface area contributed by atoms with Crippen LogP contribution in [0.5, 0.6) is 0 Å². The number of nitrogens with one attached hydrogen (secondary N) is 1. The second kappa shape index (κ2) is 4.78. The Hall–Kier alpha value is -0.870. The van der Waals surface area contributed by atoms with Crippen LogP contribution in [0.4, 0.5) is 0 Å². The summed E-state index contributed by atoms with van der Waals surface area (Å²) in [5.74, 6) is 0.767. The van der Waals surface area contributed by atoms with Gasteiger partial charge in [0.2, 0.25) is 0 Å². The molecule has 1 aromatic carbocycles. The van der Waals surface area contributed by atoms with E-state index >= 15 is 0 Å². The Kier molecular flexibility index (Phi) is 3.16. The lowest BCUT2D eigenvalue weighted by atomic mass is 9.98. The lowest BCUT2D eigenvalue weighted by Crippen LogP contribution is -2.30. The molecule has 0 bridgehead atoms. The van der Waals surface area contributed by atoms with Crippen LogP contribution in [0, 0.1) is 5.92 Å². The highest BCUT2D eigenvalue weighted by Gasteiger charge is 2.14. The van der Waals surface area contributed by atoms with Gasteiger partial charge in [0.05, 0.1) is 11.7 Å². The number of halogens is 1. The van der Waals surface area contributed by atoms with Crippen LogP contribution >= 0.6 is 15.9 Å². The van der Waals surface area contributed by atoms with Gasteiger partial charge in [-0.25, -0.2) is 0 Å². The molecule has 0 amide bonds. The highest BCUT2D eigenvalue weighted by Crippen LogP contribution is 2.22. The SMILES string of the molecule is Brc1ccc2c(cnn2CC2CCNCC2)c1. The van der Waals surface area contributed by atoms with Crippen molar-refractivity contribution in [1.29, 1.82) is 0 Å². The molecule has 1 saturated heterocycles. The molecule has 1 aromatic heterocycles. The first-order chi connectivity index (χ1) is 8.33. The first-order valence-electron chi connectivity index (χ1n) is 6.15. The van der Waals surface area contributed by atoms with Crippen LogP contribution in [-0.4, -0.2) is 22.9 Å². The van der Waals surface area contributed by atoms with E-state index in [1.54, 1.807) is 0 Å². The largest absolute Gasteiger partial charge is 0.317 e. The van der Waals surface area contributed by atoms with E-state index in [0.29, 0.717) is 0 Å². The number of benzene rings is 1. The highest BCUT2D eigenvalue weighted by atomic mass is 79.9. The molecule has 17 heavy (non-hydrogen) atoms. The number of fused-ring (bicyclic) bond motifs is 1. The molecule has 1 aliphatic rings. The minimum absolute atomic E-state index is 0.767. The fourth-order valence-electron chi connectivity index (χ4n) is 2.51. The summed E-state index contributed by atoms with van der Waals surface area (Å²) in [6, 6.07) is 6.36. The number of piperidine rings is 1. The maximum Gasteiger partial charge on any atom is 0.0683 e. The molecule has 1 N–H and O–H groups in total. The summed E-state index contributed by atoms with van der Waals surface area (Å²) in [7, 11) is 0. The predicted octanol–water partition coefficient (Wildman–Crippen LogP) is 2.80. The minimum Gasteiger partial charge on any atom is -0.317 e. The lowest BCUT2D eigenvalue weighted by molar-refractivity contribution is 0.325. The van der Waals surface area contributed by atoms with Crippen LogP contribution in [0.25, 0.3) is 10.9 Å². The van der Waals surface area contributed by atoms with Crippen LogP contribution in [0.2, 0.25) is 0 Å². The first kappa shape index (κ1) is 11.2. The highest BCUT2D eigenvalue weighted by molar-refractivity contribution is 9.10. The molecule has 4 heteroatoms. The van der Waals surface area contributed by atoms with Gasteiger partial charge in [0.1, 0.15) is 0 Å². The number of hydrogen-bond acceptors (Lipinski definition) is 2. The van der Waals surface area contributed by atoms with Gasteiger partial charge in [0.15, 0.2) is 0 Å². The van der Waals surface area contributed by atoms with Gasteiger partial charge in [0, 0.05) is 16.4 Å². The summed E-state index contributed by atoms with van der Waals surface area (Å²) in [4.78, 5) is 0. The zero-order valence-corrected chi connectivity index (χ0v) is 11.3. The smallest absolute Gasteiger partial charge is 0.0683 e. The lowest BCUT2D eigenvalue weighted by Gasteiger charge is -2.22. The van der Waals surface area contributed by atoms with E-state index in [9.17, 15) is 0 Å². The molecule has 0 unspecified atom stereocenters. The van der Waals surface area contributed by atoms with Gasteiger partial charge in [-0.3, -0.25) is 4.68 Å². The first-order valence-corrected chi connectivity index (χ1v) is 6.94. The molecule has 3 rings (SSSR count). The molecule has 0 atom stereocenters.